The monoisotopic (exact) mass is 655 g/mol. The number of nitrogens with one attached hydrogen (secondary N) is 1. The van der Waals surface area contributed by atoms with Crippen molar-refractivity contribution in [3.63, 3.8) is 0 Å². The van der Waals surface area contributed by atoms with Crippen LogP contribution in [0.3, 0.4) is 0 Å². The molecule has 0 fully saturated rings. The molecule has 2 aromatic heterocycles. The third-order valence-corrected chi connectivity index (χ3v) is 6.89. The molecular weight excluding hydrogens is 637 g/mol. The molecule has 0 bridgehead atoms. The van der Waals surface area contributed by atoms with Crippen molar-refractivity contribution in [3.8, 4) is 17.3 Å². The molecule has 13 heteroatoms. The van der Waals surface area contributed by atoms with Gasteiger partial charge in [-0.3, -0.25) is 19.7 Å². The van der Waals surface area contributed by atoms with E-state index in [1.54, 1.807) is 36.4 Å². The Morgan fingerprint density at radius 1 is 1.09 bits per heavy atom. The van der Waals surface area contributed by atoms with E-state index in [4.69, 9.17) is 9.15 Å². The fraction of sp³-hybridized carbons (Fsp3) is 0.0323. The normalized spacial score (nSPS) is 11.3. The van der Waals surface area contributed by atoms with Crippen molar-refractivity contribution in [1.82, 2.24) is 9.66 Å². The van der Waals surface area contributed by atoms with Gasteiger partial charge in [-0.25, -0.2) is 9.37 Å². The van der Waals surface area contributed by atoms with Gasteiger partial charge in [0.15, 0.2) is 12.4 Å². The molecule has 44 heavy (non-hydrogen) atoms. The van der Waals surface area contributed by atoms with Crippen LogP contribution in [0.4, 0.5) is 15.8 Å². The first-order chi connectivity index (χ1) is 21.3. The van der Waals surface area contributed by atoms with Crippen LogP contribution in [0.2, 0.25) is 0 Å². The van der Waals surface area contributed by atoms with E-state index in [1.807, 2.05) is 18.2 Å². The van der Waals surface area contributed by atoms with Crippen molar-refractivity contribution >= 4 is 61.3 Å². The molecule has 1 amide bonds. The van der Waals surface area contributed by atoms with Gasteiger partial charge in [0.2, 0.25) is 11.6 Å². The Labute approximate surface area is 255 Å². The molecule has 1 N–H and O–H groups in total. The number of para-hydroxylation sites is 2. The first-order valence-corrected chi connectivity index (χ1v) is 13.8. The highest BCUT2D eigenvalue weighted by molar-refractivity contribution is 9.10. The second kappa shape index (κ2) is 11.9. The largest absolute Gasteiger partial charge is 0.476 e. The number of anilines is 1. The van der Waals surface area contributed by atoms with Crippen molar-refractivity contribution in [2.24, 2.45) is 5.10 Å². The summed E-state index contributed by atoms with van der Waals surface area (Å²) in [4.78, 5) is 42.1. The molecule has 6 aromatic rings. The van der Waals surface area contributed by atoms with Crippen LogP contribution in [0.5, 0.6) is 5.75 Å². The SMILES string of the molecule is O=C(COc1c(C=Nn2c(-c3cc4ccccc4o3)nc3ccccc3c2=O)cc(Br)cc1[N+](=O)[O-])Nc1cccc(F)c1. The van der Waals surface area contributed by atoms with Crippen molar-refractivity contribution in [2.45, 2.75) is 0 Å². The van der Waals surface area contributed by atoms with Crippen LogP contribution in [0.15, 0.2) is 110 Å². The summed E-state index contributed by atoms with van der Waals surface area (Å²) in [5.41, 5.74) is 0.304. The maximum Gasteiger partial charge on any atom is 0.312 e. The van der Waals surface area contributed by atoms with Crippen LogP contribution in [0, 0.1) is 15.9 Å². The second-order valence-electron chi connectivity index (χ2n) is 9.41. The predicted octanol–water partition coefficient (Wildman–Crippen LogP) is 6.52. The molecule has 0 spiro atoms. The molecule has 218 valence electrons. The summed E-state index contributed by atoms with van der Waals surface area (Å²) < 4.78 is 26.5. The standard InChI is InChI=1S/C31H19BrFN5O6/c32-20-12-19(29(25(14-20)38(41)42)43-17-28(39)35-22-8-5-7-21(33)15-22)16-34-37-30(27-13-18-6-1-4-11-26(18)44-27)36-24-10-3-2-9-23(24)31(37)40/h1-16H,17H2,(H,35,39). The number of hydrogen-bond donors (Lipinski definition) is 1. The average molecular weight is 656 g/mol. The number of aromatic nitrogens is 2. The highest BCUT2D eigenvalue weighted by Crippen LogP contribution is 2.34. The summed E-state index contributed by atoms with van der Waals surface area (Å²) in [7, 11) is 0. The quantitative estimate of drug-likeness (QED) is 0.112. The zero-order valence-corrected chi connectivity index (χ0v) is 24.0. The summed E-state index contributed by atoms with van der Waals surface area (Å²) >= 11 is 3.26. The van der Waals surface area contributed by atoms with E-state index < -0.39 is 34.5 Å². The molecule has 4 aromatic carbocycles. The first-order valence-electron chi connectivity index (χ1n) is 13.0. The Morgan fingerprint density at radius 3 is 2.68 bits per heavy atom. The summed E-state index contributed by atoms with van der Waals surface area (Å²) in [6.07, 6.45) is 1.20. The molecule has 0 aliphatic carbocycles. The van der Waals surface area contributed by atoms with Crippen LogP contribution in [-0.2, 0) is 4.79 Å². The summed E-state index contributed by atoms with van der Waals surface area (Å²) in [6.45, 7) is -0.637. The number of rotatable bonds is 8. The smallest absolute Gasteiger partial charge is 0.312 e. The lowest BCUT2D eigenvalue weighted by Crippen LogP contribution is -2.21. The Hall–Kier alpha value is -5.69. The number of furan rings is 1. The van der Waals surface area contributed by atoms with Gasteiger partial charge in [-0.05, 0) is 48.5 Å². The van der Waals surface area contributed by atoms with Crippen molar-refractivity contribution < 1.29 is 23.3 Å². The third kappa shape index (κ3) is 5.80. The molecule has 0 radical (unpaired) electrons. The minimum atomic E-state index is -0.683. The Bertz CT molecular complexity index is 2140. The Morgan fingerprint density at radius 2 is 1.89 bits per heavy atom. The summed E-state index contributed by atoms with van der Waals surface area (Å²) in [5.74, 6) is -1.13. The van der Waals surface area contributed by atoms with E-state index >= 15 is 0 Å². The van der Waals surface area contributed by atoms with Gasteiger partial charge in [-0.2, -0.15) is 9.78 Å². The highest BCUT2D eigenvalue weighted by Gasteiger charge is 2.22. The lowest BCUT2D eigenvalue weighted by molar-refractivity contribution is -0.385. The second-order valence-corrected chi connectivity index (χ2v) is 10.3. The number of carbonyl (C=O) groups is 1. The maximum atomic E-state index is 13.6. The van der Waals surface area contributed by atoms with E-state index in [0.29, 0.717) is 15.6 Å². The molecular formula is C31H19BrFN5O6. The van der Waals surface area contributed by atoms with Crippen LogP contribution in [0.25, 0.3) is 33.5 Å². The van der Waals surface area contributed by atoms with Crippen LogP contribution in [-0.4, -0.2) is 33.3 Å². The molecule has 11 nitrogen and oxygen atoms in total. The molecule has 0 aliphatic heterocycles. The molecule has 0 atom stereocenters. The van der Waals surface area contributed by atoms with Gasteiger partial charge < -0.3 is 14.5 Å². The molecule has 0 aliphatic rings. The molecule has 0 unspecified atom stereocenters. The average Bonchev–Trinajstić information content (AvgIpc) is 3.44. The zero-order chi connectivity index (χ0) is 30.8. The maximum absolute atomic E-state index is 13.6. The van der Waals surface area contributed by atoms with Gasteiger partial charge in [-0.1, -0.05) is 52.3 Å². The van der Waals surface area contributed by atoms with E-state index in [1.165, 1.54) is 36.5 Å². The summed E-state index contributed by atoms with van der Waals surface area (Å²) in [6, 6.07) is 23.7. The van der Waals surface area contributed by atoms with Gasteiger partial charge in [0.25, 0.3) is 11.5 Å². The van der Waals surface area contributed by atoms with Crippen LogP contribution in [0.1, 0.15) is 5.56 Å². The number of benzene rings is 4. The molecule has 6 rings (SSSR count). The van der Waals surface area contributed by atoms with Crippen LogP contribution < -0.4 is 15.6 Å². The van der Waals surface area contributed by atoms with Crippen molar-refractivity contribution in [3.05, 3.63) is 127 Å². The van der Waals surface area contributed by atoms with Gasteiger partial charge in [0, 0.05) is 27.2 Å². The van der Waals surface area contributed by atoms with E-state index in [0.717, 1.165) is 16.1 Å². The number of ether oxygens (including phenoxy) is 1. The fourth-order valence-corrected chi connectivity index (χ4v) is 4.96. The number of amides is 1. The number of nitrogens with zero attached hydrogens (tertiary/aromatic N) is 4. The van der Waals surface area contributed by atoms with Gasteiger partial charge in [0.1, 0.15) is 11.4 Å². The van der Waals surface area contributed by atoms with Crippen molar-refractivity contribution in [1.29, 1.82) is 0 Å². The predicted molar refractivity (Wildman–Crippen MR) is 166 cm³/mol. The lowest BCUT2D eigenvalue weighted by Gasteiger charge is -2.11. The minimum Gasteiger partial charge on any atom is -0.476 e. The van der Waals surface area contributed by atoms with E-state index in [-0.39, 0.29) is 34.0 Å². The number of hydrogen-bond acceptors (Lipinski definition) is 8. The number of halogens is 2. The lowest BCUT2D eigenvalue weighted by atomic mass is 10.2. The Balaban J connectivity index is 1.41. The van der Waals surface area contributed by atoms with Crippen molar-refractivity contribution in [2.75, 3.05) is 11.9 Å². The minimum absolute atomic E-state index is 0.0836. The Kier molecular flexibility index (Phi) is 7.69. The number of carbonyl (C=O) groups excluding carboxylic acids is 1. The molecule has 2 heterocycles. The van der Waals surface area contributed by atoms with Gasteiger partial charge in [-0.15, -0.1) is 0 Å². The van der Waals surface area contributed by atoms with Crippen LogP contribution >= 0.6 is 15.9 Å². The molecule has 0 saturated carbocycles. The fourth-order valence-electron chi connectivity index (χ4n) is 4.49. The van der Waals surface area contributed by atoms with Gasteiger partial charge in [0.05, 0.1) is 22.0 Å². The highest BCUT2D eigenvalue weighted by atomic mass is 79.9. The first kappa shape index (κ1) is 28.4. The van der Waals surface area contributed by atoms with E-state index in [2.05, 4.69) is 31.3 Å². The summed E-state index contributed by atoms with van der Waals surface area (Å²) in [5, 5.41) is 19.9. The van der Waals surface area contributed by atoms with E-state index in [9.17, 15) is 24.1 Å². The number of nitro benzene ring substituents is 1. The van der Waals surface area contributed by atoms with Gasteiger partial charge >= 0.3 is 5.69 Å². The number of nitro groups is 1. The topological polar surface area (TPSA) is 142 Å². The third-order valence-electron chi connectivity index (χ3n) is 6.43. The molecule has 0 saturated heterocycles. The zero-order valence-electron chi connectivity index (χ0n) is 22.4. The number of fused-ring (bicyclic) bond motifs is 2.